The van der Waals surface area contributed by atoms with Crippen LogP contribution >= 0.6 is 0 Å². The van der Waals surface area contributed by atoms with Crippen molar-refractivity contribution >= 4 is 39.2 Å². The van der Waals surface area contributed by atoms with E-state index in [1.165, 1.54) is 5.39 Å². The van der Waals surface area contributed by atoms with E-state index < -0.39 is 0 Å². The first kappa shape index (κ1) is 18.5. The van der Waals surface area contributed by atoms with Crippen molar-refractivity contribution in [3.63, 3.8) is 0 Å². The minimum atomic E-state index is 0.669. The Balaban J connectivity index is 1.68. The molecule has 0 saturated heterocycles. The van der Waals surface area contributed by atoms with Crippen LogP contribution in [0.1, 0.15) is 6.92 Å². The highest BCUT2D eigenvalue weighted by molar-refractivity contribution is 5.99. The van der Waals surface area contributed by atoms with E-state index in [1.54, 1.807) is 0 Å². The fourth-order valence-corrected chi connectivity index (χ4v) is 3.05. The van der Waals surface area contributed by atoms with E-state index in [1.807, 2.05) is 72.8 Å². The molecule has 0 heterocycles. The fraction of sp³-hybridized carbons (Fsp3) is 0.0833. The summed E-state index contributed by atoms with van der Waals surface area (Å²) in [6, 6.07) is 29.5. The molecule has 4 aromatic carbocycles. The van der Waals surface area contributed by atoms with Gasteiger partial charge in [-0.25, -0.2) is 0 Å². The predicted octanol–water partition coefficient (Wildman–Crippen LogP) is 8.10. The van der Waals surface area contributed by atoms with Crippen molar-refractivity contribution in [2.24, 2.45) is 20.5 Å². The van der Waals surface area contributed by atoms with Crippen LogP contribution < -0.4 is 5.32 Å². The van der Waals surface area contributed by atoms with Gasteiger partial charge in [-0.15, -0.1) is 15.3 Å². The normalized spacial score (nSPS) is 11.5. The van der Waals surface area contributed by atoms with Gasteiger partial charge in [-0.3, -0.25) is 0 Å². The Labute approximate surface area is 169 Å². The molecule has 5 heteroatoms. The summed E-state index contributed by atoms with van der Waals surface area (Å²) in [7, 11) is 0. The van der Waals surface area contributed by atoms with Crippen molar-refractivity contribution in [2.75, 3.05) is 11.9 Å². The minimum Gasteiger partial charge on any atom is -0.383 e. The van der Waals surface area contributed by atoms with Crippen molar-refractivity contribution in [3.05, 3.63) is 91.0 Å². The molecule has 4 rings (SSSR count). The molecule has 0 fully saturated rings. The molecule has 0 amide bonds. The monoisotopic (exact) mass is 379 g/mol. The number of hydrogen-bond acceptors (Lipinski definition) is 5. The highest BCUT2D eigenvalue weighted by atomic mass is 15.2. The number of hydrogen-bond donors (Lipinski definition) is 1. The van der Waals surface area contributed by atoms with E-state index in [0.29, 0.717) is 11.4 Å². The van der Waals surface area contributed by atoms with Gasteiger partial charge in [0, 0.05) is 11.9 Å². The Hall–Kier alpha value is -3.86. The summed E-state index contributed by atoms with van der Waals surface area (Å²) >= 11 is 0. The zero-order valence-corrected chi connectivity index (χ0v) is 16.2. The predicted molar refractivity (Wildman–Crippen MR) is 119 cm³/mol. The van der Waals surface area contributed by atoms with Crippen molar-refractivity contribution in [1.82, 2.24) is 0 Å². The van der Waals surface area contributed by atoms with E-state index in [-0.39, 0.29) is 0 Å². The minimum absolute atomic E-state index is 0.669. The first-order chi connectivity index (χ1) is 14.3. The lowest BCUT2D eigenvalue weighted by Gasteiger charge is -2.10. The maximum Gasteiger partial charge on any atom is 0.113 e. The molecule has 29 heavy (non-hydrogen) atoms. The Kier molecular flexibility index (Phi) is 5.67. The lowest BCUT2D eigenvalue weighted by atomic mass is 10.1. The Morgan fingerprint density at radius 2 is 1.21 bits per heavy atom. The van der Waals surface area contributed by atoms with E-state index in [9.17, 15) is 0 Å². The Morgan fingerprint density at radius 3 is 1.97 bits per heavy atom. The third-order valence-corrected chi connectivity index (χ3v) is 4.44. The average molecular weight is 379 g/mol. The van der Waals surface area contributed by atoms with Crippen LogP contribution in [0.3, 0.4) is 0 Å². The van der Waals surface area contributed by atoms with E-state index in [0.717, 1.165) is 29.0 Å². The number of benzene rings is 4. The lowest BCUT2D eigenvalue weighted by Crippen LogP contribution is -1.97. The van der Waals surface area contributed by atoms with Gasteiger partial charge in [0.05, 0.1) is 11.4 Å². The van der Waals surface area contributed by atoms with Gasteiger partial charge in [0.15, 0.2) is 0 Å². The summed E-state index contributed by atoms with van der Waals surface area (Å²) in [5.41, 5.74) is 3.91. The third kappa shape index (κ3) is 4.35. The third-order valence-electron chi connectivity index (χ3n) is 4.44. The zero-order valence-electron chi connectivity index (χ0n) is 16.2. The van der Waals surface area contributed by atoms with Crippen molar-refractivity contribution in [2.45, 2.75) is 6.92 Å². The number of rotatable bonds is 6. The molecule has 1 N–H and O–H groups in total. The molecule has 0 aromatic heterocycles. The van der Waals surface area contributed by atoms with Crippen LogP contribution in [-0.2, 0) is 0 Å². The number of fused-ring (bicyclic) bond motifs is 1. The molecule has 0 unspecified atom stereocenters. The first-order valence-corrected chi connectivity index (χ1v) is 9.58. The number of anilines is 1. The SMILES string of the molecule is CCNc1c(N=Nc2ccccc2N=Nc2ccccc2)ccc2ccccc12. The van der Waals surface area contributed by atoms with Gasteiger partial charge in [-0.2, -0.15) is 5.11 Å². The van der Waals surface area contributed by atoms with Gasteiger partial charge in [-0.05, 0) is 42.6 Å². The molecule has 0 spiro atoms. The summed E-state index contributed by atoms with van der Waals surface area (Å²) in [4.78, 5) is 0. The molecule has 142 valence electrons. The van der Waals surface area contributed by atoms with Crippen molar-refractivity contribution < 1.29 is 0 Å². The summed E-state index contributed by atoms with van der Waals surface area (Å²) < 4.78 is 0. The second kappa shape index (κ2) is 8.89. The molecule has 4 aromatic rings. The van der Waals surface area contributed by atoms with Gasteiger partial charge < -0.3 is 5.32 Å². The zero-order chi connectivity index (χ0) is 19.9. The van der Waals surface area contributed by atoms with Crippen LogP contribution in [0.2, 0.25) is 0 Å². The summed E-state index contributed by atoms with van der Waals surface area (Å²) in [6.07, 6.45) is 0. The molecule has 0 aliphatic rings. The van der Waals surface area contributed by atoms with Crippen molar-refractivity contribution in [3.8, 4) is 0 Å². The van der Waals surface area contributed by atoms with Crippen LogP contribution in [0.25, 0.3) is 10.8 Å². The number of nitrogens with one attached hydrogen (secondary N) is 1. The van der Waals surface area contributed by atoms with Gasteiger partial charge >= 0.3 is 0 Å². The van der Waals surface area contributed by atoms with Gasteiger partial charge in [0.2, 0.25) is 0 Å². The maximum absolute atomic E-state index is 4.52. The van der Waals surface area contributed by atoms with Gasteiger partial charge in [0.1, 0.15) is 17.1 Å². The molecule has 0 bridgehead atoms. The summed E-state index contributed by atoms with van der Waals surface area (Å²) in [6.45, 7) is 2.88. The van der Waals surface area contributed by atoms with E-state index in [2.05, 4.69) is 50.9 Å². The van der Waals surface area contributed by atoms with E-state index >= 15 is 0 Å². The highest BCUT2D eigenvalue weighted by Gasteiger charge is 2.07. The molecule has 0 saturated carbocycles. The number of nitrogens with zero attached hydrogens (tertiary/aromatic N) is 4. The maximum atomic E-state index is 4.52. The molecular formula is C24H21N5. The summed E-state index contributed by atoms with van der Waals surface area (Å²) in [5.74, 6) is 0. The molecule has 0 aliphatic heterocycles. The largest absolute Gasteiger partial charge is 0.383 e. The van der Waals surface area contributed by atoms with Gasteiger partial charge in [0.25, 0.3) is 0 Å². The lowest BCUT2D eigenvalue weighted by molar-refractivity contribution is 1.17. The van der Waals surface area contributed by atoms with Crippen LogP contribution in [0, 0.1) is 0 Å². The topological polar surface area (TPSA) is 61.5 Å². The standard InChI is InChI=1S/C24H21N5/c1-2-25-24-20-13-7-6-10-18(20)16-17-23(24)29-28-22-15-9-8-14-21(22)27-26-19-11-4-3-5-12-19/h3-17,25H,2H2,1H3. The summed E-state index contributed by atoms with van der Waals surface area (Å²) in [5, 5.41) is 23.4. The van der Waals surface area contributed by atoms with Gasteiger partial charge in [-0.1, -0.05) is 60.7 Å². The quantitative estimate of drug-likeness (QED) is 0.338. The van der Waals surface area contributed by atoms with Crippen LogP contribution in [0.4, 0.5) is 28.4 Å². The Morgan fingerprint density at radius 1 is 0.586 bits per heavy atom. The average Bonchev–Trinajstić information content (AvgIpc) is 2.78. The smallest absolute Gasteiger partial charge is 0.113 e. The number of azo groups is 2. The Bertz CT molecular complexity index is 1170. The first-order valence-electron chi connectivity index (χ1n) is 9.58. The molecule has 5 nitrogen and oxygen atoms in total. The fourth-order valence-electron chi connectivity index (χ4n) is 3.05. The van der Waals surface area contributed by atoms with Crippen LogP contribution in [0.5, 0.6) is 0 Å². The second-order valence-corrected chi connectivity index (χ2v) is 6.44. The molecule has 0 radical (unpaired) electrons. The second-order valence-electron chi connectivity index (χ2n) is 6.44. The van der Waals surface area contributed by atoms with Crippen LogP contribution in [0.15, 0.2) is 111 Å². The molecule has 0 aliphatic carbocycles. The highest BCUT2D eigenvalue weighted by Crippen LogP contribution is 2.36. The molecule has 0 atom stereocenters. The van der Waals surface area contributed by atoms with Crippen molar-refractivity contribution in [1.29, 1.82) is 0 Å². The van der Waals surface area contributed by atoms with Crippen LogP contribution in [-0.4, -0.2) is 6.54 Å². The van der Waals surface area contributed by atoms with E-state index in [4.69, 9.17) is 0 Å². The molecular weight excluding hydrogens is 358 g/mol.